The van der Waals surface area contributed by atoms with E-state index in [1.165, 1.54) is 18.5 Å². The quantitative estimate of drug-likeness (QED) is 0.0252. The molecule has 37 heteroatoms. The van der Waals surface area contributed by atoms with Crippen molar-refractivity contribution in [1.29, 1.82) is 0 Å². The number of aromatic nitrogens is 10. The van der Waals surface area contributed by atoms with Crippen LogP contribution >= 0.6 is 11.6 Å². The van der Waals surface area contributed by atoms with Crippen molar-refractivity contribution in [1.82, 2.24) is 75.5 Å². The van der Waals surface area contributed by atoms with Crippen LogP contribution in [0.25, 0.3) is 0 Å². The number of hydrogen-bond acceptors (Lipinski definition) is 30. The number of benzene rings is 5. The third kappa shape index (κ3) is 30.5. The molecule has 5 fully saturated rings. The van der Waals surface area contributed by atoms with Gasteiger partial charge in [0.2, 0.25) is 17.6 Å². The van der Waals surface area contributed by atoms with Crippen LogP contribution in [0.15, 0.2) is 183 Å². The summed E-state index contributed by atoms with van der Waals surface area (Å²) in [5.74, 6) is 3.98. The molecule has 0 spiro atoms. The lowest BCUT2D eigenvalue weighted by Crippen LogP contribution is -2.34. The van der Waals surface area contributed by atoms with Crippen LogP contribution in [0.5, 0.6) is 58.1 Å². The number of carbonyl (C=O) groups excluding carboxylic acids is 5. The third-order valence-electron chi connectivity index (χ3n) is 21.3. The maximum absolute atomic E-state index is 13.5. The highest BCUT2D eigenvalue weighted by molar-refractivity contribution is 6.31. The molecule has 0 aliphatic carbocycles. The minimum Gasteiger partial charge on any atom is -0.484 e. The fourth-order valence-electron chi connectivity index (χ4n) is 13.9. The Morgan fingerprint density at radius 1 is 0.354 bits per heavy atom. The number of rotatable bonds is 34. The number of aliphatic hydroxyl groups is 5. The van der Waals surface area contributed by atoms with Crippen LogP contribution in [0.1, 0.15) is 117 Å². The van der Waals surface area contributed by atoms with Gasteiger partial charge in [-0.25, -0.2) is 4.39 Å². The molecule has 5 aromatic heterocycles. The molecule has 0 radical (unpaired) electrons. The van der Waals surface area contributed by atoms with Crippen LogP contribution in [0.3, 0.4) is 0 Å². The number of nitrogens with zero attached hydrogens (tertiary/aromatic N) is 15. The van der Waals surface area contributed by atoms with Crippen molar-refractivity contribution in [3.05, 3.63) is 238 Å². The SMILES string of the molecule is CC(C)c1ccnnc1OC1CCN(C(=O)COc2ccc(CO)cc2)C1.CCCc1ccnnc1OC1CCN(C(=O)COc2ccc(CO)cc2)C1.CCc1ccnnc1OC1CCN(C(=O)COc2ccc(CO)cc2)C1.O=C(COc1ccc(CO)cc1)N1CCC(Oc2nnccc2Cl)C1.O=C(COc1ccc(CO)cc1)N1CCC(Oc2nnccc2F)C1. The van der Waals surface area contributed by atoms with Crippen LogP contribution in [0, 0.1) is 5.82 Å². The van der Waals surface area contributed by atoms with Crippen molar-refractivity contribution in [2.45, 2.75) is 149 Å². The Morgan fingerprint density at radius 3 is 0.915 bits per heavy atom. The fourth-order valence-corrected chi connectivity index (χ4v) is 14.1. The smallest absolute Gasteiger partial charge is 0.270 e. The van der Waals surface area contributed by atoms with Gasteiger partial charge in [0.25, 0.3) is 41.3 Å². The number of hydrogen-bond donors (Lipinski definition) is 5. The summed E-state index contributed by atoms with van der Waals surface area (Å²) < 4.78 is 70.2. The van der Waals surface area contributed by atoms with Crippen molar-refractivity contribution < 1.29 is 101 Å². The van der Waals surface area contributed by atoms with Gasteiger partial charge in [-0.1, -0.05) is 106 Å². The fraction of sp³-hybridized carbons (Fsp3) is 0.409. The molecular formula is C93H109ClFN15O20. The average Bonchev–Trinajstić information content (AvgIpc) is 1.83. The summed E-state index contributed by atoms with van der Waals surface area (Å²) in [5, 5.41) is 84.3. The molecule has 0 bridgehead atoms. The molecule has 130 heavy (non-hydrogen) atoms. The minimum atomic E-state index is -0.575. The monoisotopic (exact) mass is 1810 g/mol. The van der Waals surface area contributed by atoms with Crippen LogP contribution in [0.4, 0.5) is 4.39 Å². The highest BCUT2D eigenvalue weighted by Crippen LogP contribution is 2.30. The van der Waals surface area contributed by atoms with Crippen LogP contribution in [0.2, 0.25) is 5.02 Å². The molecule has 15 rings (SSSR count). The molecule has 5 N–H and O–H groups in total. The predicted molar refractivity (Wildman–Crippen MR) is 470 cm³/mol. The molecule has 5 atom stereocenters. The van der Waals surface area contributed by atoms with Crippen LogP contribution < -0.4 is 47.4 Å². The number of halogens is 2. The van der Waals surface area contributed by atoms with E-state index in [4.69, 9.17) is 84.5 Å². The van der Waals surface area contributed by atoms with Gasteiger partial charge in [0.05, 0.1) is 96.7 Å². The molecule has 5 saturated heterocycles. The van der Waals surface area contributed by atoms with E-state index in [0.29, 0.717) is 136 Å². The maximum atomic E-state index is 13.5. The maximum Gasteiger partial charge on any atom is 0.270 e. The average molecular weight is 1810 g/mol. The summed E-state index contributed by atoms with van der Waals surface area (Å²) >= 11 is 6.00. The Bertz CT molecular complexity index is 5060. The van der Waals surface area contributed by atoms with Crippen molar-refractivity contribution >= 4 is 41.1 Å². The Kier molecular flexibility index (Phi) is 38.4. The van der Waals surface area contributed by atoms with Gasteiger partial charge in [0.15, 0.2) is 38.9 Å². The summed E-state index contributed by atoms with van der Waals surface area (Å²) in [6.07, 6.45) is 13.3. The second-order valence-corrected chi connectivity index (χ2v) is 31.3. The molecule has 10 heterocycles. The molecule has 5 aliphatic rings. The standard InChI is InChI=1S/2C20H25N3O4.C19H23N3O4.C17H18ClN3O4.C17H18FN3O4/c1-14(2)18-7-9-21-22-20(18)27-17-8-10-23(11-17)19(25)13-26-16-5-3-15(12-24)4-6-16;1-2-3-16-8-10-21-22-20(16)27-18-9-11-23(12-18)19(25)14-26-17-6-4-15(13-24)5-7-17;1-2-15-7-9-20-21-19(15)26-17-8-10-22(11-17)18(24)13-25-16-5-3-14(12-23)4-6-16;2*18-15-5-7-19-20-17(15)25-14-6-8-21(9-14)16(23)11-24-13-3-1-12(10-22)2-4-13/h3-7,9,14,17,24H,8,10-13H2,1-2H3;4-8,10,18,24H,2-3,9,11-14H2,1H3;3-7,9,17,23H,2,8,10-13H2,1H3;2*1-5,7,14,22H,6,8-11H2. The van der Waals surface area contributed by atoms with Gasteiger partial charge in [-0.05, 0) is 138 Å². The first-order chi connectivity index (χ1) is 63.2. The van der Waals surface area contributed by atoms with Crippen LogP contribution in [-0.4, -0.2) is 260 Å². The first-order valence-electron chi connectivity index (χ1n) is 43.0. The lowest BCUT2D eigenvalue weighted by atomic mass is 10.1. The zero-order valence-corrected chi connectivity index (χ0v) is 73.7. The van der Waals surface area contributed by atoms with E-state index in [1.807, 2.05) is 25.1 Å². The van der Waals surface area contributed by atoms with Crippen LogP contribution in [-0.2, 0) is 69.8 Å². The van der Waals surface area contributed by atoms with E-state index in [9.17, 15) is 28.4 Å². The number of aryl methyl sites for hydroxylation is 2. The number of carbonyl (C=O) groups is 5. The zero-order valence-electron chi connectivity index (χ0n) is 72.9. The highest BCUT2D eigenvalue weighted by Gasteiger charge is 2.34. The summed E-state index contributed by atoms with van der Waals surface area (Å²) in [6.45, 7) is 13.4. The topological polar surface area (TPSA) is 424 Å². The van der Waals surface area contributed by atoms with Crippen molar-refractivity contribution in [2.24, 2.45) is 0 Å². The number of likely N-dealkylation sites (tertiary alicyclic amines) is 5. The summed E-state index contributed by atoms with van der Waals surface area (Å²) in [5.41, 5.74) is 7.06. The van der Waals surface area contributed by atoms with E-state index in [-0.39, 0.29) is 138 Å². The van der Waals surface area contributed by atoms with Gasteiger partial charge in [-0.15, -0.1) is 25.5 Å². The lowest BCUT2D eigenvalue weighted by molar-refractivity contribution is -0.133. The normalized spacial score (nSPS) is 16.6. The van der Waals surface area contributed by atoms with Gasteiger partial charge in [-0.3, -0.25) is 24.0 Å². The van der Waals surface area contributed by atoms with E-state index < -0.39 is 5.82 Å². The summed E-state index contributed by atoms with van der Waals surface area (Å²) in [7, 11) is 0. The van der Waals surface area contributed by atoms with Crippen molar-refractivity contribution in [3.8, 4) is 58.1 Å². The molecule has 5 amide bonds. The number of ether oxygens (including phenoxy) is 10. The van der Waals surface area contributed by atoms with Gasteiger partial charge < -0.3 is 97.4 Å². The highest BCUT2D eigenvalue weighted by atomic mass is 35.5. The Hall–Kier alpha value is -13.1. The Balaban J connectivity index is 0.000000157. The van der Waals surface area contributed by atoms with Gasteiger partial charge in [0.1, 0.15) is 64.3 Å². The predicted octanol–water partition coefficient (Wildman–Crippen LogP) is 8.57. The Morgan fingerprint density at radius 2 is 0.615 bits per heavy atom. The zero-order chi connectivity index (χ0) is 91.9. The summed E-state index contributed by atoms with van der Waals surface area (Å²) in [6, 6.07) is 43.5. The molecule has 5 aromatic carbocycles. The van der Waals surface area contributed by atoms with E-state index in [0.717, 1.165) is 83.0 Å². The van der Waals surface area contributed by atoms with Crippen molar-refractivity contribution in [2.75, 3.05) is 98.5 Å². The third-order valence-corrected chi connectivity index (χ3v) is 21.6. The number of amides is 5. The lowest BCUT2D eigenvalue weighted by Gasteiger charge is -2.18. The Labute approximate surface area is 757 Å². The van der Waals surface area contributed by atoms with Gasteiger partial charge in [0, 0.05) is 81.5 Å². The van der Waals surface area contributed by atoms with E-state index in [1.54, 1.807) is 170 Å². The first kappa shape index (κ1) is 97.5. The minimum absolute atomic E-state index is 0.0138. The molecule has 690 valence electrons. The first-order valence-corrected chi connectivity index (χ1v) is 43.4. The van der Waals surface area contributed by atoms with Gasteiger partial charge in [-0.2, -0.15) is 25.5 Å². The molecule has 5 aliphatic heterocycles. The largest absolute Gasteiger partial charge is 0.484 e. The van der Waals surface area contributed by atoms with E-state index in [2.05, 4.69) is 71.8 Å². The van der Waals surface area contributed by atoms with Crippen molar-refractivity contribution in [3.63, 3.8) is 0 Å². The second kappa shape index (κ2) is 51.2. The number of aliphatic hydroxyl groups excluding tert-OH is 5. The molecule has 5 unspecified atom stereocenters. The second-order valence-electron chi connectivity index (χ2n) is 30.9. The molecule has 35 nitrogen and oxygen atoms in total. The molecular weight excluding hydrogens is 1700 g/mol. The molecule has 0 saturated carbocycles. The van der Waals surface area contributed by atoms with E-state index >= 15 is 0 Å². The van der Waals surface area contributed by atoms with Gasteiger partial charge >= 0.3 is 0 Å². The summed E-state index contributed by atoms with van der Waals surface area (Å²) in [4.78, 5) is 70.1. The molecule has 10 aromatic rings.